The van der Waals surface area contributed by atoms with Crippen molar-refractivity contribution in [3.05, 3.63) is 42.2 Å². The van der Waals surface area contributed by atoms with Gasteiger partial charge in [-0.15, -0.1) is 11.8 Å². The van der Waals surface area contributed by atoms with E-state index in [-0.39, 0.29) is 5.82 Å². The van der Waals surface area contributed by atoms with Crippen LogP contribution in [0.25, 0.3) is 0 Å². The van der Waals surface area contributed by atoms with Crippen molar-refractivity contribution in [1.82, 2.24) is 4.72 Å². The predicted molar refractivity (Wildman–Crippen MR) is 106 cm³/mol. The highest BCUT2D eigenvalue weighted by Crippen LogP contribution is 2.42. The van der Waals surface area contributed by atoms with Crippen molar-refractivity contribution >= 4 is 35.1 Å². The Balaban J connectivity index is 2.02. The maximum Gasteiger partial charge on any atom is 0.130 e. The van der Waals surface area contributed by atoms with Crippen LogP contribution in [0.15, 0.2) is 46.2 Å². The number of unbranched alkanes of at least 4 members (excludes halogenated alkanes) is 1. The van der Waals surface area contributed by atoms with Crippen molar-refractivity contribution < 1.29 is 9.50 Å². The molecule has 0 radical (unpaired) electrons. The van der Waals surface area contributed by atoms with Gasteiger partial charge in [-0.2, -0.15) is 0 Å². The zero-order valence-corrected chi connectivity index (χ0v) is 16.1. The smallest absolute Gasteiger partial charge is 0.130 e. The predicted octanol–water partition coefficient (Wildman–Crippen LogP) is 5.56. The molecule has 1 aliphatic heterocycles. The Bertz CT molecular complexity index is 724. The molecule has 6 heteroatoms. The summed E-state index contributed by atoms with van der Waals surface area (Å²) in [6.45, 7) is 3.00. The van der Waals surface area contributed by atoms with E-state index in [1.54, 1.807) is 11.9 Å². The van der Waals surface area contributed by atoms with Gasteiger partial charge in [-0.3, -0.25) is 4.72 Å². The van der Waals surface area contributed by atoms with Crippen LogP contribution in [0, 0.1) is 5.82 Å². The monoisotopic (exact) mass is 378 g/mol. The van der Waals surface area contributed by atoms with Gasteiger partial charge in [0, 0.05) is 18.3 Å². The van der Waals surface area contributed by atoms with Crippen LogP contribution in [0.1, 0.15) is 26.2 Å². The average molecular weight is 379 g/mol. The molecule has 0 saturated carbocycles. The number of aromatic hydroxyl groups is 1. The molecule has 0 spiro atoms. The van der Waals surface area contributed by atoms with E-state index in [4.69, 9.17) is 0 Å². The Kier molecular flexibility index (Phi) is 6.15. The molecule has 3 rings (SSSR count). The number of benzene rings is 2. The average Bonchev–Trinajstić information content (AvgIpc) is 2.79. The van der Waals surface area contributed by atoms with Crippen molar-refractivity contribution in [3.63, 3.8) is 0 Å². The Labute approximate surface area is 157 Å². The lowest BCUT2D eigenvalue weighted by Gasteiger charge is -2.28. The molecule has 0 bridgehead atoms. The highest BCUT2D eigenvalue weighted by Gasteiger charge is 2.24. The Morgan fingerprint density at radius 1 is 1.32 bits per heavy atom. The molecule has 2 aromatic rings. The molecule has 1 aliphatic rings. The maximum atomic E-state index is 13.4. The number of phenols is 1. The second-order valence-corrected chi connectivity index (χ2v) is 7.87. The van der Waals surface area contributed by atoms with Gasteiger partial charge in [0.15, 0.2) is 0 Å². The second-order valence-electron chi connectivity index (χ2n) is 6.14. The van der Waals surface area contributed by atoms with E-state index in [0.29, 0.717) is 11.8 Å². The first-order valence-corrected chi connectivity index (χ1v) is 10.5. The normalized spacial score (nSPS) is 17.2. The third kappa shape index (κ3) is 4.25. The first-order chi connectivity index (χ1) is 12.1. The van der Waals surface area contributed by atoms with Crippen LogP contribution >= 0.6 is 23.7 Å². The van der Waals surface area contributed by atoms with Crippen LogP contribution in [-0.4, -0.2) is 23.9 Å². The van der Waals surface area contributed by atoms with Gasteiger partial charge in [0.2, 0.25) is 0 Å². The lowest BCUT2D eigenvalue weighted by molar-refractivity contribution is 0.461. The molecule has 1 atom stereocenters. The number of anilines is 2. The van der Waals surface area contributed by atoms with Gasteiger partial charge < -0.3 is 10.0 Å². The summed E-state index contributed by atoms with van der Waals surface area (Å²) in [5.74, 6) is 0.0657. The molecule has 3 nitrogen and oxygen atoms in total. The van der Waals surface area contributed by atoms with Crippen LogP contribution in [0.3, 0.4) is 0 Å². The quantitative estimate of drug-likeness (QED) is 0.526. The molecule has 0 aromatic heterocycles. The summed E-state index contributed by atoms with van der Waals surface area (Å²) >= 11 is 3.09. The summed E-state index contributed by atoms with van der Waals surface area (Å²) < 4.78 is 16.9. The van der Waals surface area contributed by atoms with E-state index in [2.05, 4.69) is 16.5 Å². The molecule has 134 valence electrons. The van der Waals surface area contributed by atoms with Gasteiger partial charge in [0.1, 0.15) is 11.6 Å². The summed E-state index contributed by atoms with van der Waals surface area (Å²) in [5.41, 5.74) is 2.01. The van der Waals surface area contributed by atoms with Crippen molar-refractivity contribution in [2.24, 2.45) is 0 Å². The molecular formula is C19H23FN2OS2. The summed E-state index contributed by atoms with van der Waals surface area (Å²) in [5, 5.41) is 10.2. The SMILES string of the molecule is CCCCC1CN(c2ccc(F)cc2)c2cc(SC)c(O)cc2SN1. The van der Waals surface area contributed by atoms with Crippen LogP contribution in [0.5, 0.6) is 5.75 Å². The van der Waals surface area contributed by atoms with Crippen LogP contribution in [0.2, 0.25) is 0 Å². The highest BCUT2D eigenvalue weighted by atomic mass is 32.2. The first kappa shape index (κ1) is 18.4. The van der Waals surface area contributed by atoms with Gasteiger partial charge in [0.05, 0.1) is 15.5 Å². The van der Waals surface area contributed by atoms with Crippen LogP contribution < -0.4 is 9.62 Å². The lowest BCUT2D eigenvalue weighted by Crippen LogP contribution is -2.34. The third-order valence-corrected chi connectivity index (χ3v) is 6.10. The number of nitrogens with zero attached hydrogens (tertiary/aromatic N) is 1. The minimum Gasteiger partial charge on any atom is -0.507 e. The molecule has 0 aliphatic carbocycles. The van der Waals surface area contributed by atoms with Gasteiger partial charge in [-0.05, 0) is 61.0 Å². The number of fused-ring (bicyclic) bond motifs is 1. The fourth-order valence-corrected chi connectivity index (χ4v) is 4.39. The van der Waals surface area contributed by atoms with Gasteiger partial charge in [-0.1, -0.05) is 19.8 Å². The molecule has 2 aromatic carbocycles. The van der Waals surface area contributed by atoms with E-state index >= 15 is 0 Å². The van der Waals surface area contributed by atoms with Gasteiger partial charge >= 0.3 is 0 Å². The molecule has 1 heterocycles. The summed E-state index contributed by atoms with van der Waals surface area (Å²) in [7, 11) is 0. The van der Waals surface area contributed by atoms with Crippen molar-refractivity contribution in [2.45, 2.75) is 42.0 Å². The number of halogens is 1. The van der Waals surface area contributed by atoms with Gasteiger partial charge in [0.25, 0.3) is 0 Å². The summed E-state index contributed by atoms with van der Waals surface area (Å²) in [6, 6.07) is 10.8. The molecule has 0 saturated heterocycles. The molecule has 0 amide bonds. The number of hydrogen-bond donors (Lipinski definition) is 2. The largest absolute Gasteiger partial charge is 0.507 e. The zero-order valence-electron chi connectivity index (χ0n) is 14.5. The number of phenolic OH excluding ortho intramolecular Hbond substituents is 1. The van der Waals surface area contributed by atoms with E-state index in [9.17, 15) is 9.50 Å². The molecule has 0 fully saturated rings. The number of rotatable bonds is 5. The summed E-state index contributed by atoms with van der Waals surface area (Å²) in [6.07, 6.45) is 5.35. The lowest BCUT2D eigenvalue weighted by atomic mass is 10.1. The summed E-state index contributed by atoms with van der Waals surface area (Å²) in [4.78, 5) is 4.05. The Morgan fingerprint density at radius 3 is 2.76 bits per heavy atom. The van der Waals surface area contributed by atoms with Crippen LogP contribution in [0.4, 0.5) is 15.8 Å². The number of hydrogen-bond acceptors (Lipinski definition) is 5. The minimum absolute atomic E-state index is 0.232. The Morgan fingerprint density at radius 2 is 2.08 bits per heavy atom. The van der Waals surface area contributed by atoms with Gasteiger partial charge in [-0.25, -0.2) is 4.39 Å². The third-order valence-electron chi connectivity index (χ3n) is 4.33. The van der Waals surface area contributed by atoms with E-state index in [1.807, 2.05) is 30.5 Å². The number of thioether (sulfide) groups is 1. The van der Waals surface area contributed by atoms with E-state index < -0.39 is 0 Å². The molecule has 25 heavy (non-hydrogen) atoms. The van der Waals surface area contributed by atoms with E-state index in [1.165, 1.54) is 23.9 Å². The Hall–Kier alpha value is -1.37. The second kappa shape index (κ2) is 8.34. The maximum absolute atomic E-state index is 13.4. The van der Waals surface area contributed by atoms with E-state index in [0.717, 1.165) is 47.0 Å². The highest BCUT2D eigenvalue weighted by molar-refractivity contribution is 7.98. The van der Waals surface area contributed by atoms with Crippen molar-refractivity contribution in [3.8, 4) is 5.75 Å². The molecule has 1 unspecified atom stereocenters. The molecular weight excluding hydrogens is 355 g/mol. The van der Waals surface area contributed by atoms with Crippen LogP contribution in [-0.2, 0) is 0 Å². The van der Waals surface area contributed by atoms with Crippen molar-refractivity contribution in [2.75, 3.05) is 17.7 Å². The first-order valence-electron chi connectivity index (χ1n) is 8.48. The van der Waals surface area contributed by atoms with Crippen molar-refractivity contribution in [1.29, 1.82) is 0 Å². The fourth-order valence-electron chi connectivity index (χ4n) is 2.96. The minimum atomic E-state index is -0.232. The molecule has 2 N–H and O–H groups in total. The zero-order chi connectivity index (χ0) is 17.8. The fraction of sp³-hybridized carbons (Fsp3) is 0.368. The topological polar surface area (TPSA) is 35.5 Å². The number of nitrogens with one attached hydrogen (secondary N) is 1. The standard InChI is InChI=1S/C19H23FN2OS2/c1-3-4-5-14-12-22(15-8-6-13(20)7-9-15)16-10-19(24-2)17(23)11-18(16)25-21-14/h6-11,14,21,23H,3-5,12H2,1-2H3.